The van der Waals surface area contributed by atoms with Crippen molar-refractivity contribution in [3.8, 4) is 11.6 Å². The van der Waals surface area contributed by atoms with Crippen LogP contribution in [0.4, 0.5) is 0 Å². The van der Waals surface area contributed by atoms with E-state index in [2.05, 4.69) is 29.4 Å². The number of nitrogens with one attached hydrogen (secondary N) is 1. The summed E-state index contributed by atoms with van der Waals surface area (Å²) in [6, 6.07) is 3.89. The Kier molecular flexibility index (Phi) is 6.27. The first-order chi connectivity index (χ1) is 11.0. The molecule has 2 aromatic heterocycles. The second-order valence-electron chi connectivity index (χ2n) is 5.95. The zero-order valence-corrected chi connectivity index (χ0v) is 14.9. The summed E-state index contributed by atoms with van der Waals surface area (Å²) in [5, 5.41) is 12.2. The molecule has 0 aliphatic heterocycles. The fourth-order valence-corrected chi connectivity index (χ4v) is 2.82. The minimum absolute atomic E-state index is 0.0167. The number of amides is 1. The average molecular weight is 336 g/mol. The van der Waals surface area contributed by atoms with E-state index in [1.54, 1.807) is 6.26 Å². The molecule has 2 rings (SSSR count). The van der Waals surface area contributed by atoms with Crippen molar-refractivity contribution in [1.29, 1.82) is 0 Å². The molecule has 0 radical (unpaired) electrons. The summed E-state index contributed by atoms with van der Waals surface area (Å²) >= 11 is 1.40. The van der Waals surface area contributed by atoms with Crippen LogP contribution in [0.2, 0.25) is 0 Å². The average Bonchev–Trinajstić information content (AvgIpc) is 3.14. The number of rotatable bonds is 8. The third kappa shape index (κ3) is 4.86. The summed E-state index contributed by atoms with van der Waals surface area (Å²) in [6.07, 6.45) is 2.54. The van der Waals surface area contributed by atoms with Crippen molar-refractivity contribution in [3.63, 3.8) is 0 Å². The number of furan rings is 1. The van der Waals surface area contributed by atoms with Crippen molar-refractivity contribution >= 4 is 17.7 Å². The number of carbonyl (C=O) groups excluding carboxylic acids is 1. The Labute approximate surface area is 141 Å². The van der Waals surface area contributed by atoms with Crippen LogP contribution in [-0.2, 0) is 11.3 Å². The molecule has 6 nitrogen and oxygen atoms in total. The molecule has 23 heavy (non-hydrogen) atoms. The van der Waals surface area contributed by atoms with Crippen molar-refractivity contribution in [2.45, 2.75) is 51.9 Å². The minimum Gasteiger partial charge on any atom is -0.461 e. The molecular weight excluding hydrogens is 312 g/mol. The van der Waals surface area contributed by atoms with Crippen LogP contribution in [0.3, 0.4) is 0 Å². The number of thioether (sulfide) groups is 1. The molecule has 0 saturated heterocycles. The van der Waals surface area contributed by atoms with Gasteiger partial charge >= 0.3 is 0 Å². The number of aromatic nitrogens is 3. The maximum atomic E-state index is 11.9. The number of hydrogen-bond acceptors (Lipinski definition) is 5. The number of nitrogens with zero attached hydrogens (tertiary/aromatic N) is 3. The smallest absolute Gasteiger partial charge is 0.230 e. The van der Waals surface area contributed by atoms with Gasteiger partial charge in [-0.3, -0.25) is 9.36 Å². The van der Waals surface area contributed by atoms with Gasteiger partial charge in [-0.2, -0.15) is 0 Å². The molecule has 0 fully saturated rings. The third-order valence-corrected chi connectivity index (χ3v) is 4.33. The van der Waals surface area contributed by atoms with Crippen LogP contribution in [0, 0.1) is 5.92 Å². The summed E-state index contributed by atoms with van der Waals surface area (Å²) in [6.45, 7) is 9.09. The van der Waals surface area contributed by atoms with Gasteiger partial charge in [0.25, 0.3) is 0 Å². The van der Waals surface area contributed by atoms with Gasteiger partial charge < -0.3 is 9.73 Å². The van der Waals surface area contributed by atoms with E-state index in [9.17, 15) is 4.79 Å². The number of carbonyl (C=O) groups is 1. The van der Waals surface area contributed by atoms with Gasteiger partial charge in [-0.1, -0.05) is 32.5 Å². The Bertz CT molecular complexity index is 622. The molecular formula is C16H24N4O2S. The molecule has 7 heteroatoms. The van der Waals surface area contributed by atoms with Crippen LogP contribution in [-0.4, -0.2) is 32.5 Å². The Hall–Kier alpha value is -1.76. The van der Waals surface area contributed by atoms with E-state index in [1.807, 2.05) is 30.5 Å². The van der Waals surface area contributed by atoms with E-state index in [1.165, 1.54) is 11.8 Å². The van der Waals surface area contributed by atoms with Crippen LogP contribution in [0.5, 0.6) is 0 Å². The van der Waals surface area contributed by atoms with E-state index in [0.717, 1.165) is 18.1 Å². The van der Waals surface area contributed by atoms with E-state index in [-0.39, 0.29) is 11.9 Å². The normalized spacial score (nSPS) is 12.6. The first-order valence-corrected chi connectivity index (χ1v) is 8.89. The van der Waals surface area contributed by atoms with Gasteiger partial charge in [0.1, 0.15) is 0 Å². The summed E-state index contributed by atoms with van der Waals surface area (Å²) in [7, 11) is 0. The van der Waals surface area contributed by atoms with Crippen LogP contribution < -0.4 is 5.32 Å². The quantitative estimate of drug-likeness (QED) is 0.749. The zero-order chi connectivity index (χ0) is 16.8. The van der Waals surface area contributed by atoms with E-state index in [4.69, 9.17) is 4.42 Å². The summed E-state index contributed by atoms with van der Waals surface area (Å²) in [5.41, 5.74) is 0. The molecule has 0 aromatic carbocycles. The second-order valence-corrected chi connectivity index (χ2v) is 6.90. The molecule has 126 valence electrons. The van der Waals surface area contributed by atoms with E-state index < -0.39 is 0 Å². The largest absolute Gasteiger partial charge is 0.461 e. The highest BCUT2D eigenvalue weighted by molar-refractivity contribution is 7.99. The number of hydrogen-bond donors (Lipinski definition) is 1. The molecule has 0 unspecified atom stereocenters. The predicted molar refractivity (Wildman–Crippen MR) is 91.2 cm³/mol. The second kappa shape index (κ2) is 8.19. The van der Waals surface area contributed by atoms with Crippen LogP contribution >= 0.6 is 11.8 Å². The monoisotopic (exact) mass is 336 g/mol. The summed E-state index contributed by atoms with van der Waals surface area (Å²) in [5.74, 6) is 2.18. The van der Waals surface area contributed by atoms with Crippen LogP contribution in [0.1, 0.15) is 34.1 Å². The van der Waals surface area contributed by atoms with E-state index >= 15 is 0 Å². The Morgan fingerprint density at radius 2 is 2.17 bits per heavy atom. The molecule has 0 spiro atoms. The third-order valence-electron chi connectivity index (χ3n) is 3.36. The van der Waals surface area contributed by atoms with Gasteiger partial charge in [-0.15, -0.1) is 10.2 Å². The molecule has 2 heterocycles. The highest BCUT2D eigenvalue weighted by atomic mass is 32.2. The van der Waals surface area contributed by atoms with Crippen molar-refractivity contribution in [2.75, 3.05) is 5.75 Å². The van der Waals surface area contributed by atoms with Gasteiger partial charge in [0.05, 0.1) is 12.0 Å². The van der Waals surface area contributed by atoms with Gasteiger partial charge in [-0.05, 0) is 31.4 Å². The first-order valence-electron chi connectivity index (χ1n) is 7.90. The lowest BCUT2D eigenvalue weighted by Crippen LogP contribution is -2.33. The predicted octanol–water partition coefficient (Wildman–Crippen LogP) is 3.20. The molecule has 1 atom stereocenters. The van der Waals surface area contributed by atoms with Crippen LogP contribution in [0.15, 0.2) is 28.0 Å². The lowest BCUT2D eigenvalue weighted by Gasteiger charge is -2.13. The summed E-state index contributed by atoms with van der Waals surface area (Å²) < 4.78 is 7.45. The van der Waals surface area contributed by atoms with Crippen molar-refractivity contribution in [2.24, 2.45) is 5.92 Å². The van der Waals surface area contributed by atoms with Gasteiger partial charge in [0.15, 0.2) is 16.7 Å². The highest BCUT2D eigenvalue weighted by Crippen LogP contribution is 2.25. The molecule has 2 aromatic rings. The standard InChI is InChI=1S/C16H24N4O2S/c1-5-12(4)17-14(21)10-23-16-19-18-15(13-7-6-8-22-13)20(16)9-11(2)3/h6-8,11-12H,5,9-10H2,1-4H3,(H,17,21)/t12-/m1/s1. The maximum Gasteiger partial charge on any atom is 0.230 e. The topological polar surface area (TPSA) is 73.0 Å². The fraction of sp³-hybridized carbons (Fsp3) is 0.562. The summed E-state index contributed by atoms with van der Waals surface area (Å²) in [4.78, 5) is 11.9. The molecule has 0 aliphatic rings. The van der Waals surface area contributed by atoms with Crippen molar-refractivity contribution < 1.29 is 9.21 Å². The molecule has 0 aliphatic carbocycles. The Morgan fingerprint density at radius 3 is 2.78 bits per heavy atom. The molecule has 0 bridgehead atoms. The van der Waals surface area contributed by atoms with Gasteiger partial charge in [0.2, 0.25) is 5.91 Å². The fourth-order valence-electron chi connectivity index (χ4n) is 2.06. The SMILES string of the molecule is CC[C@@H](C)NC(=O)CSc1nnc(-c2ccco2)n1CC(C)C. The minimum atomic E-state index is 0.0167. The van der Waals surface area contributed by atoms with Gasteiger partial charge in [0, 0.05) is 12.6 Å². The van der Waals surface area contributed by atoms with E-state index in [0.29, 0.717) is 23.3 Å². The Morgan fingerprint density at radius 1 is 1.39 bits per heavy atom. The van der Waals surface area contributed by atoms with Gasteiger partial charge in [-0.25, -0.2) is 0 Å². The molecule has 1 amide bonds. The lowest BCUT2D eigenvalue weighted by molar-refractivity contribution is -0.119. The molecule has 1 N–H and O–H groups in total. The lowest BCUT2D eigenvalue weighted by atomic mass is 10.2. The van der Waals surface area contributed by atoms with Crippen molar-refractivity contribution in [1.82, 2.24) is 20.1 Å². The highest BCUT2D eigenvalue weighted by Gasteiger charge is 2.18. The first kappa shape index (κ1) is 17.6. The molecule has 0 saturated carbocycles. The van der Waals surface area contributed by atoms with Crippen LogP contribution in [0.25, 0.3) is 11.6 Å². The zero-order valence-electron chi connectivity index (χ0n) is 14.1. The maximum absolute atomic E-state index is 11.9. The Balaban J connectivity index is 2.11. The van der Waals surface area contributed by atoms with Crippen molar-refractivity contribution in [3.05, 3.63) is 18.4 Å².